The van der Waals surface area contributed by atoms with Crippen LogP contribution in [-0.2, 0) is 14.2 Å². The zero-order valence-electron chi connectivity index (χ0n) is 20.6. The highest BCUT2D eigenvalue weighted by Crippen LogP contribution is 2.45. The fourth-order valence-electron chi connectivity index (χ4n) is 4.97. The Hall–Kier alpha value is -3.31. The van der Waals surface area contributed by atoms with Crippen molar-refractivity contribution in [3.63, 3.8) is 0 Å². The summed E-state index contributed by atoms with van der Waals surface area (Å²) in [5.74, 6) is -1.39. The summed E-state index contributed by atoms with van der Waals surface area (Å²) in [5, 5.41) is 91.9. The molecule has 9 N–H and O–H groups in total. The van der Waals surface area contributed by atoms with E-state index in [1.807, 2.05) is 0 Å². The third-order valence-electron chi connectivity index (χ3n) is 7.09. The number of fused-ring (bicyclic) bond motifs is 1. The Balaban J connectivity index is 1.67. The van der Waals surface area contributed by atoms with Crippen molar-refractivity contribution in [2.45, 2.75) is 55.1 Å². The van der Waals surface area contributed by atoms with Crippen LogP contribution >= 0.6 is 0 Å². The van der Waals surface area contributed by atoms with Crippen molar-refractivity contribution in [2.24, 2.45) is 0 Å². The minimum atomic E-state index is -1.84. The van der Waals surface area contributed by atoms with E-state index in [9.17, 15) is 50.8 Å². The van der Waals surface area contributed by atoms with Gasteiger partial charge in [-0.2, -0.15) is 0 Å². The van der Waals surface area contributed by atoms with Gasteiger partial charge in [-0.25, -0.2) is 0 Å². The van der Waals surface area contributed by atoms with Crippen molar-refractivity contribution in [3.8, 4) is 28.6 Å². The molecule has 2 aliphatic heterocycles. The molecule has 3 aromatic rings. The van der Waals surface area contributed by atoms with Crippen LogP contribution in [0.25, 0.3) is 22.3 Å². The first kappa shape index (κ1) is 28.2. The zero-order chi connectivity index (χ0) is 28.9. The number of phenols is 3. The van der Waals surface area contributed by atoms with Gasteiger partial charge in [-0.1, -0.05) is 0 Å². The van der Waals surface area contributed by atoms with Crippen molar-refractivity contribution in [1.29, 1.82) is 0 Å². The van der Waals surface area contributed by atoms with Crippen LogP contribution in [0.4, 0.5) is 0 Å². The first-order chi connectivity index (χ1) is 19.0. The van der Waals surface area contributed by atoms with Crippen LogP contribution in [0.3, 0.4) is 0 Å². The summed E-state index contributed by atoms with van der Waals surface area (Å²) in [4.78, 5) is 13.1. The van der Waals surface area contributed by atoms with Gasteiger partial charge < -0.3 is 64.6 Å². The van der Waals surface area contributed by atoms with Gasteiger partial charge in [0.25, 0.3) is 0 Å². The van der Waals surface area contributed by atoms with Gasteiger partial charge in [0.1, 0.15) is 77.2 Å². The topological polar surface area (TPSA) is 240 Å². The van der Waals surface area contributed by atoms with Crippen molar-refractivity contribution < 1.29 is 64.6 Å². The number of rotatable bonds is 6. The molecule has 3 heterocycles. The van der Waals surface area contributed by atoms with E-state index >= 15 is 0 Å². The summed E-state index contributed by atoms with van der Waals surface area (Å²) in [6.45, 7) is -1.45. The molecule has 0 bridgehead atoms. The third-order valence-corrected chi connectivity index (χ3v) is 7.09. The number of phenolic OH excluding ortho intramolecular Hbond substituents is 3. The molecular weight excluding hydrogens is 536 g/mol. The molecule has 14 nitrogen and oxygen atoms in total. The summed E-state index contributed by atoms with van der Waals surface area (Å²) in [6.07, 6.45) is -14.4. The van der Waals surface area contributed by atoms with Gasteiger partial charge in [-0.3, -0.25) is 4.79 Å². The lowest BCUT2D eigenvalue weighted by Gasteiger charge is -2.43. The molecule has 40 heavy (non-hydrogen) atoms. The average molecular weight is 564 g/mol. The second-order valence-electron chi connectivity index (χ2n) is 9.62. The number of ether oxygens (including phenoxy) is 3. The monoisotopic (exact) mass is 564 g/mol. The molecule has 1 aromatic heterocycles. The van der Waals surface area contributed by atoms with E-state index in [-0.39, 0.29) is 28.0 Å². The molecule has 2 saturated heterocycles. The normalized spacial score (nSPS) is 32.5. The summed E-state index contributed by atoms with van der Waals surface area (Å²) in [7, 11) is 0. The van der Waals surface area contributed by atoms with Crippen molar-refractivity contribution >= 4 is 11.0 Å². The molecule has 5 rings (SSSR count). The largest absolute Gasteiger partial charge is 0.508 e. The van der Waals surface area contributed by atoms with Crippen LogP contribution in [0, 0.1) is 0 Å². The molecule has 9 atom stereocenters. The summed E-state index contributed by atoms with van der Waals surface area (Å²) in [5.41, 5.74) is -1.07. The summed E-state index contributed by atoms with van der Waals surface area (Å²) in [6, 6.07) is 7.52. The van der Waals surface area contributed by atoms with Gasteiger partial charge in [-0.05, 0) is 24.3 Å². The van der Waals surface area contributed by atoms with Gasteiger partial charge in [-0.15, -0.1) is 0 Å². The molecule has 2 fully saturated rings. The molecule has 2 aromatic carbocycles. The molecule has 0 amide bonds. The quantitative estimate of drug-likeness (QED) is 0.167. The summed E-state index contributed by atoms with van der Waals surface area (Å²) >= 11 is 0. The van der Waals surface area contributed by atoms with Gasteiger partial charge >= 0.3 is 0 Å². The van der Waals surface area contributed by atoms with E-state index in [1.54, 1.807) is 0 Å². The number of hydrogen-bond donors (Lipinski definition) is 9. The highest BCUT2D eigenvalue weighted by Gasteiger charge is 2.52. The van der Waals surface area contributed by atoms with Crippen LogP contribution in [-0.4, -0.2) is 108 Å². The van der Waals surface area contributed by atoms with E-state index < -0.39 is 85.3 Å². The minimum absolute atomic E-state index is 0.0280. The van der Waals surface area contributed by atoms with E-state index in [0.29, 0.717) is 5.56 Å². The highest BCUT2D eigenvalue weighted by atomic mass is 16.7. The third kappa shape index (κ3) is 4.79. The fourth-order valence-corrected chi connectivity index (χ4v) is 4.97. The number of aliphatic hydroxyl groups excluding tert-OH is 6. The Bertz CT molecular complexity index is 1420. The van der Waals surface area contributed by atoms with Gasteiger partial charge in [0.05, 0.1) is 18.8 Å². The van der Waals surface area contributed by atoms with E-state index in [0.717, 1.165) is 12.1 Å². The second kappa shape index (κ2) is 10.9. The van der Waals surface area contributed by atoms with Crippen molar-refractivity contribution in [2.75, 3.05) is 13.2 Å². The standard InChI is InChI=1S/C26H28O14/c27-7-15-19(33)21(35)25(40-26-22(36)20(34)16(8-28)39-26)24(38-15)18-12(31)5-11(30)17-13(32)6-14(37-23(17)18)9-1-3-10(29)4-2-9/h1-6,15-16,19-22,24-31,33-36H,7-8H2/t15-,16+,19-,20+,21+,22-,24+,25-,26+/m1/s1. The number of hydrogen-bond acceptors (Lipinski definition) is 14. The maximum atomic E-state index is 13.1. The van der Waals surface area contributed by atoms with Crippen LogP contribution in [0.15, 0.2) is 45.6 Å². The van der Waals surface area contributed by atoms with E-state index in [2.05, 4.69) is 0 Å². The SMILES string of the molecule is O=c1cc(-c2ccc(O)cc2)oc2c([C@@H]3O[C@H](CO)[C@@H](O)[C@H](O)[C@H]3O[C@@H]3O[C@@H](CO)[C@H](O)[C@H]3O)c(O)cc(O)c12. The number of benzene rings is 2. The highest BCUT2D eigenvalue weighted by molar-refractivity contribution is 5.89. The lowest BCUT2D eigenvalue weighted by Crippen LogP contribution is -2.57. The van der Waals surface area contributed by atoms with Crippen molar-refractivity contribution in [3.05, 3.63) is 52.2 Å². The van der Waals surface area contributed by atoms with E-state index in [4.69, 9.17) is 18.6 Å². The first-order valence-electron chi connectivity index (χ1n) is 12.3. The maximum Gasteiger partial charge on any atom is 0.197 e. The Morgan fingerprint density at radius 1 is 0.775 bits per heavy atom. The molecule has 216 valence electrons. The maximum absolute atomic E-state index is 13.1. The van der Waals surface area contributed by atoms with Crippen LogP contribution in [0.5, 0.6) is 17.2 Å². The smallest absolute Gasteiger partial charge is 0.197 e. The first-order valence-corrected chi connectivity index (χ1v) is 12.3. The predicted octanol–water partition coefficient (Wildman–Crippen LogP) is -1.45. The Labute approximate surface area is 225 Å². The molecule has 0 saturated carbocycles. The Morgan fingerprint density at radius 3 is 2.02 bits per heavy atom. The molecule has 0 aliphatic carbocycles. The van der Waals surface area contributed by atoms with E-state index in [1.165, 1.54) is 24.3 Å². The zero-order valence-corrected chi connectivity index (χ0v) is 20.6. The van der Waals surface area contributed by atoms with Gasteiger partial charge in [0.15, 0.2) is 17.3 Å². The summed E-state index contributed by atoms with van der Waals surface area (Å²) < 4.78 is 22.8. The predicted molar refractivity (Wildman–Crippen MR) is 132 cm³/mol. The van der Waals surface area contributed by atoms with Crippen LogP contribution in [0.1, 0.15) is 11.7 Å². The molecule has 0 unspecified atom stereocenters. The number of aromatic hydroxyl groups is 3. The van der Waals surface area contributed by atoms with Crippen LogP contribution in [0.2, 0.25) is 0 Å². The molecule has 0 spiro atoms. The molecule has 0 radical (unpaired) electrons. The van der Waals surface area contributed by atoms with Crippen molar-refractivity contribution in [1.82, 2.24) is 0 Å². The fraction of sp³-hybridized carbons (Fsp3) is 0.423. The molecular formula is C26H28O14. The lowest BCUT2D eigenvalue weighted by atomic mass is 9.89. The van der Waals surface area contributed by atoms with Crippen LogP contribution < -0.4 is 5.43 Å². The molecule has 14 heteroatoms. The second-order valence-corrected chi connectivity index (χ2v) is 9.62. The van der Waals surface area contributed by atoms with Gasteiger partial charge in [0.2, 0.25) is 0 Å². The number of aliphatic hydroxyl groups is 6. The Morgan fingerprint density at radius 2 is 1.40 bits per heavy atom. The Kier molecular flexibility index (Phi) is 7.71. The average Bonchev–Trinajstić information content (AvgIpc) is 3.20. The minimum Gasteiger partial charge on any atom is -0.508 e. The molecule has 2 aliphatic rings. The van der Waals surface area contributed by atoms with Gasteiger partial charge in [0, 0.05) is 17.7 Å². The lowest BCUT2D eigenvalue weighted by molar-refractivity contribution is -0.289.